The van der Waals surface area contributed by atoms with E-state index in [1.807, 2.05) is 32.0 Å². The molecule has 1 N–H and O–H groups in total. The van der Waals surface area contributed by atoms with Gasteiger partial charge in [0, 0.05) is 6.07 Å². The normalized spacial score (nSPS) is 12.2. The van der Waals surface area contributed by atoms with Gasteiger partial charge in [-0.3, -0.25) is 0 Å². The van der Waals surface area contributed by atoms with Crippen LogP contribution in [0.1, 0.15) is 22.8 Å². The quantitative estimate of drug-likeness (QED) is 0.910. The molecule has 19 heavy (non-hydrogen) atoms. The Morgan fingerprint density at radius 1 is 1.11 bits per heavy atom. The van der Waals surface area contributed by atoms with Gasteiger partial charge in [-0.05, 0) is 31.5 Å². The van der Waals surface area contributed by atoms with Crippen molar-refractivity contribution in [1.82, 2.24) is 0 Å². The minimum atomic E-state index is -0.720. The van der Waals surface area contributed by atoms with Crippen LogP contribution in [0.15, 0.2) is 42.5 Å². The number of aliphatic hydroxyl groups excluding tert-OH is 1. The average Bonchev–Trinajstić information content (AvgIpc) is 2.35. The highest BCUT2D eigenvalue weighted by Crippen LogP contribution is 2.19. The van der Waals surface area contributed by atoms with Crippen LogP contribution in [0, 0.1) is 19.7 Å². The molecule has 0 aliphatic heterocycles. The maximum atomic E-state index is 13.0. The second-order valence-corrected chi connectivity index (χ2v) is 4.71. The molecule has 0 amide bonds. The Morgan fingerprint density at radius 3 is 2.42 bits per heavy atom. The Balaban J connectivity index is 2.03. The first-order valence-corrected chi connectivity index (χ1v) is 6.19. The van der Waals surface area contributed by atoms with E-state index < -0.39 is 6.10 Å². The van der Waals surface area contributed by atoms with Gasteiger partial charge in [0.2, 0.25) is 0 Å². The lowest BCUT2D eigenvalue weighted by atomic mass is 10.0. The Bertz CT molecular complexity index is 546. The van der Waals surface area contributed by atoms with Crippen molar-refractivity contribution in [2.24, 2.45) is 0 Å². The maximum absolute atomic E-state index is 13.0. The van der Waals surface area contributed by atoms with Gasteiger partial charge in [-0.25, -0.2) is 4.39 Å². The summed E-state index contributed by atoms with van der Waals surface area (Å²) >= 11 is 0. The second-order valence-electron chi connectivity index (χ2n) is 4.71. The minimum absolute atomic E-state index is 0.104. The molecule has 2 aromatic carbocycles. The average molecular weight is 260 g/mol. The number of halogens is 1. The van der Waals surface area contributed by atoms with E-state index in [-0.39, 0.29) is 12.4 Å². The smallest absolute Gasteiger partial charge is 0.126 e. The van der Waals surface area contributed by atoms with E-state index >= 15 is 0 Å². The molecule has 0 aromatic heterocycles. The Kier molecular flexibility index (Phi) is 4.17. The summed E-state index contributed by atoms with van der Waals surface area (Å²) in [4.78, 5) is 0. The van der Waals surface area contributed by atoms with Crippen molar-refractivity contribution in [3.63, 3.8) is 0 Å². The lowest BCUT2D eigenvalue weighted by Gasteiger charge is -2.14. The fourth-order valence-corrected chi connectivity index (χ4v) is 2.03. The van der Waals surface area contributed by atoms with Gasteiger partial charge in [0.05, 0.1) is 0 Å². The summed E-state index contributed by atoms with van der Waals surface area (Å²) in [5.74, 6) is 0.0711. The number of hydrogen-bond donors (Lipinski definition) is 1. The van der Waals surface area contributed by atoms with Crippen LogP contribution in [0.3, 0.4) is 0 Å². The fraction of sp³-hybridized carbons (Fsp3) is 0.250. The van der Waals surface area contributed by atoms with E-state index in [9.17, 15) is 9.50 Å². The monoisotopic (exact) mass is 260 g/mol. The van der Waals surface area contributed by atoms with Crippen LogP contribution < -0.4 is 4.74 Å². The highest BCUT2D eigenvalue weighted by Gasteiger charge is 2.09. The molecular formula is C16H17FO2. The summed E-state index contributed by atoms with van der Waals surface area (Å²) < 4.78 is 18.4. The van der Waals surface area contributed by atoms with Crippen molar-refractivity contribution in [3.05, 3.63) is 65.0 Å². The predicted molar refractivity (Wildman–Crippen MR) is 72.8 cm³/mol. The molecule has 0 fully saturated rings. The lowest BCUT2D eigenvalue weighted by Crippen LogP contribution is -2.10. The van der Waals surface area contributed by atoms with Gasteiger partial charge in [-0.2, -0.15) is 0 Å². The third-order valence-corrected chi connectivity index (χ3v) is 2.83. The van der Waals surface area contributed by atoms with Crippen LogP contribution in [0.5, 0.6) is 5.75 Å². The standard InChI is InChI=1S/C16H17FO2/c1-11-6-12(2)8-13(7-11)16(18)10-19-15-5-3-4-14(17)9-15/h3-9,16,18H,10H2,1-2H3. The van der Waals surface area contributed by atoms with Crippen LogP contribution >= 0.6 is 0 Å². The third kappa shape index (κ3) is 3.80. The Morgan fingerprint density at radius 2 is 1.79 bits per heavy atom. The highest BCUT2D eigenvalue weighted by atomic mass is 19.1. The highest BCUT2D eigenvalue weighted by molar-refractivity contribution is 5.30. The predicted octanol–water partition coefficient (Wildman–Crippen LogP) is 3.55. The van der Waals surface area contributed by atoms with E-state index in [0.717, 1.165) is 16.7 Å². The van der Waals surface area contributed by atoms with Crippen LogP contribution in [0.2, 0.25) is 0 Å². The zero-order valence-corrected chi connectivity index (χ0v) is 11.1. The zero-order chi connectivity index (χ0) is 13.8. The second kappa shape index (κ2) is 5.85. The van der Waals surface area contributed by atoms with E-state index in [4.69, 9.17) is 4.74 Å². The molecule has 0 aliphatic rings. The number of hydrogen-bond acceptors (Lipinski definition) is 2. The van der Waals surface area contributed by atoms with Gasteiger partial charge >= 0.3 is 0 Å². The Hall–Kier alpha value is -1.87. The summed E-state index contributed by atoms with van der Waals surface area (Å²) in [6.45, 7) is 4.07. The molecule has 0 saturated carbocycles. The molecular weight excluding hydrogens is 243 g/mol. The largest absolute Gasteiger partial charge is 0.490 e. The summed E-state index contributed by atoms with van der Waals surface area (Å²) in [6.07, 6.45) is -0.720. The topological polar surface area (TPSA) is 29.5 Å². The molecule has 2 rings (SSSR count). The van der Waals surface area contributed by atoms with Crippen LogP contribution in [-0.4, -0.2) is 11.7 Å². The number of aryl methyl sites for hydroxylation is 2. The first-order chi connectivity index (χ1) is 9.04. The minimum Gasteiger partial charge on any atom is -0.490 e. The van der Waals surface area contributed by atoms with Crippen molar-refractivity contribution in [1.29, 1.82) is 0 Å². The SMILES string of the molecule is Cc1cc(C)cc(C(O)COc2cccc(F)c2)c1. The molecule has 2 nitrogen and oxygen atoms in total. The van der Waals surface area contributed by atoms with Gasteiger partial charge in [-0.1, -0.05) is 35.4 Å². The maximum Gasteiger partial charge on any atom is 0.126 e. The van der Waals surface area contributed by atoms with E-state index in [1.54, 1.807) is 12.1 Å². The molecule has 0 bridgehead atoms. The van der Waals surface area contributed by atoms with E-state index in [0.29, 0.717) is 5.75 Å². The molecule has 1 unspecified atom stereocenters. The summed E-state index contributed by atoms with van der Waals surface area (Å²) in [6, 6.07) is 11.8. The van der Waals surface area contributed by atoms with Crippen molar-refractivity contribution in [2.45, 2.75) is 20.0 Å². The van der Waals surface area contributed by atoms with Crippen molar-refractivity contribution < 1.29 is 14.2 Å². The molecule has 0 radical (unpaired) electrons. The van der Waals surface area contributed by atoms with Crippen LogP contribution in [0.25, 0.3) is 0 Å². The Labute approximate surface area is 112 Å². The van der Waals surface area contributed by atoms with Gasteiger partial charge in [0.25, 0.3) is 0 Å². The van der Waals surface area contributed by atoms with Gasteiger partial charge in [0.15, 0.2) is 0 Å². The lowest BCUT2D eigenvalue weighted by molar-refractivity contribution is 0.108. The van der Waals surface area contributed by atoms with E-state index in [2.05, 4.69) is 0 Å². The summed E-state index contributed by atoms with van der Waals surface area (Å²) in [5, 5.41) is 10.1. The first kappa shape index (κ1) is 13.6. The fourth-order valence-electron chi connectivity index (χ4n) is 2.03. The zero-order valence-electron chi connectivity index (χ0n) is 11.1. The molecule has 0 saturated heterocycles. The molecule has 1 atom stereocenters. The first-order valence-electron chi connectivity index (χ1n) is 6.19. The van der Waals surface area contributed by atoms with Crippen LogP contribution in [-0.2, 0) is 0 Å². The molecule has 0 aliphatic carbocycles. The number of aliphatic hydroxyl groups is 1. The summed E-state index contributed by atoms with van der Waals surface area (Å²) in [7, 11) is 0. The van der Waals surface area contributed by atoms with E-state index in [1.165, 1.54) is 12.1 Å². The molecule has 3 heteroatoms. The van der Waals surface area contributed by atoms with Crippen LogP contribution in [0.4, 0.5) is 4.39 Å². The van der Waals surface area contributed by atoms with Crippen molar-refractivity contribution >= 4 is 0 Å². The van der Waals surface area contributed by atoms with Crippen molar-refractivity contribution in [3.8, 4) is 5.75 Å². The molecule has 100 valence electrons. The number of rotatable bonds is 4. The molecule has 0 heterocycles. The number of ether oxygens (including phenoxy) is 1. The van der Waals surface area contributed by atoms with Gasteiger partial charge in [0.1, 0.15) is 24.3 Å². The van der Waals surface area contributed by atoms with Gasteiger partial charge < -0.3 is 9.84 Å². The molecule has 0 spiro atoms. The third-order valence-electron chi connectivity index (χ3n) is 2.83. The summed E-state index contributed by atoms with van der Waals surface area (Å²) in [5.41, 5.74) is 3.01. The number of benzene rings is 2. The van der Waals surface area contributed by atoms with Gasteiger partial charge in [-0.15, -0.1) is 0 Å². The van der Waals surface area contributed by atoms with Crippen molar-refractivity contribution in [2.75, 3.05) is 6.61 Å². The molecule has 2 aromatic rings.